The molecular formula is C21H21FN6OS. The maximum Gasteiger partial charge on any atom is 0.157 e. The highest BCUT2D eigenvalue weighted by Gasteiger charge is 2.11. The number of hydrogen-bond acceptors (Lipinski definition) is 8. The normalized spacial score (nSPS) is 11.1. The Kier molecular flexibility index (Phi) is 6.41. The molecule has 4 aromatic rings. The number of hydrogen-bond donors (Lipinski definition) is 3. The second-order valence-electron chi connectivity index (χ2n) is 6.65. The first-order valence-corrected chi connectivity index (χ1v) is 10.4. The summed E-state index contributed by atoms with van der Waals surface area (Å²) in [5.41, 5.74) is 1.94. The topological polar surface area (TPSA) is 95.8 Å². The number of anilines is 1. The molecule has 0 unspecified atom stereocenters. The highest BCUT2D eigenvalue weighted by atomic mass is 32.1. The number of thiazole rings is 1. The molecule has 9 heteroatoms. The van der Waals surface area contributed by atoms with Crippen LogP contribution in [0.3, 0.4) is 0 Å². The molecule has 154 valence electrons. The van der Waals surface area contributed by atoms with Gasteiger partial charge in [0.25, 0.3) is 0 Å². The molecule has 0 saturated heterocycles. The van der Waals surface area contributed by atoms with Crippen LogP contribution < -0.4 is 10.6 Å². The number of fused-ring (bicyclic) bond motifs is 1. The van der Waals surface area contributed by atoms with E-state index in [4.69, 9.17) is 0 Å². The summed E-state index contributed by atoms with van der Waals surface area (Å²) in [5, 5.41) is 17.2. The Bertz CT molecular complexity index is 1140. The molecule has 3 N–H and O–H groups in total. The van der Waals surface area contributed by atoms with Crippen molar-refractivity contribution in [3.05, 3.63) is 71.0 Å². The summed E-state index contributed by atoms with van der Waals surface area (Å²) in [4.78, 5) is 18.0. The molecule has 0 aliphatic heterocycles. The Hall–Kier alpha value is -3.17. The van der Waals surface area contributed by atoms with Gasteiger partial charge in [-0.25, -0.2) is 19.3 Å². The van der Waals surface area contributed by atoms with Crippen LogP contribution in [0.15, 0.2) is 48.9 Å². The van der Waals surface area contributed by atoms with Crippen molar-refractivity contribution >= 4 is 27.5 Å². The average molecular weight is 425 g/mol. The Labute approximate surface area is 177 Å². The van der Waals surface area contributed by atoms with Gasteiger partial charge in [-0.1, -0.05) is 29.5 Å². The van der Waals surface area contributed by atoms with E-state index in [-0.39, 0.29) is 12.4 Å². The minimum absolute atomic E-state index is 0.222. The average Bonchev–Trinajstić information content (AvgIpc) is 3.18. The van der Waals surface area contributed by atoms with Crippen LogP contribution in [0.4, 0.5) is 10.2 Å². The molecule has 3 aromatic heterocycles. The monoisotopic (exact) mass is 424 g/mol. The van der Waals surface area contributed by atoms with Crippen LogP contribution in [-0.4, -0.2) is 38.1 Å². The van der Waals surface area contributed by atoms with Crippen molar-refractivity contribution in [3.8, 4) is 5.75 Å². The van der Waals surface area contributed by atoms with Gasteiger partial charge in [0.15, 0.2) is 5.82 Å². The molecule has 7 nitrogen and oxygen atoms in total. The molecule has 3 heterocycles. The number of nitrogens with zero attached hydrogens (tertiary/aromatic N) is 4. The van der Waals surface area contributed by atoms with Crippen molar-refractivity contribution < 1.29 is 9.50 Å². The quantitative estimate of drug-likeness (QED) is 0.355. The van der Waals surface area contributed by atoms with Crippen LogP contribution >= 0.6 is 11.3 Å². The molecular weight excluding hydrogens is 403 g/mol. The van der Waals surface area contributed by atoms with Gasteiger partial charge in [-0.3, -0.25) is 4.98 Å². The zero-order valence-electron chi connectivity index (χ0n) is 16.2. The molecule has 0 spiro atoms. The van der Waals surface area contributed by atoms with E-state index in [1.807, 2.05) is 18.2 Å². The maximum absolute atomic E-state index is 13.8. The van der Waals surface area contributed by atoms with Crippen molar-refractivity contribution in [3.63, 3.8) is 0 Å². The number of phenols is 1. The van der Waals surface area contributed by atoms with Crippen LogP contribution in [-0.2, 0) is 19.4 Å². The molecule has 0 amide bonds. The Morgan fingerprint density at radius 1 is 1.00 bits per heavy atom. The Morgan fingerprint density at radius 2 is 1.87 bits per heavy atom. The molecule has 0 bridgehead atoms. The number of aromatic nitrogens is 4. The maximum atomic E-state index is 13.8. The summed E-state index contributed by atoms with van der Waals surface area (Å²) >= 11 is 1.52. The summed E-state index contributed by atoms with van der Waals surface area (Å²) in [7, 11) is 0. The van der Waals surface area contributed by atoms with E-state index in [2.05, 4.69) is 30.6 Å². The van der Waals surface area contributed by atoms with E-state index < -0.39 is 0 Å². The lowest BCUT2D eigenvalue weighted by Gasteiger charge is -2.06. The Morgan fingerprint density at radius 3 is 2.73 bits per heavy atom. The minimum atomic E-state index is -0.357. The van der Waals surface area contributed by atoms with Crippen molar-refractivity contribution in [1.29, 1.82) is 0 Å². The predicted molar refractivity (Wildman–Crippen MR) is 115 cm³/mol. The third kappa shape index (κ3) is 4.87. The molecule has 0 saturated carbocycles. The molecule has 30 heavy (non-hydrogen) atoms. The molecule has 0 aliphatic carbocycles. The number of pyridine rings is 1. The number of para-hydroxylation sites is 1. The van der Waals surface area contributed by atoms with Gasteiger partial charge < -0.3 is 15.7 Å². The molecule has 0 aliphatic rings. The van der Waals surface area contributed by atoms with Gasteiger partial charge in [0.05, 0.1) is 17.2 Å². The van der Waals surface area contributed by atoms with Gasteiger partial charge in [0.1, 0.15) is 28.2 Å². The molecule has 0 atom stereocenters. The fraction of sp³-hybridized carbons (Fsp3) is 0.238. The van der Waals surface area contributed by atoms with Crippen LogP contribution in [0.5, 0.6) is 5.75 Å². The smallest absolute Gasteiger partial charge is 0.157 e. The first-order chi connectivity index (χ1) is 14.7. The summed E-state index contributed by atoms with van der Waals surface area (Å²) in [6.45, 7) is 1.76. The second-order valence-corrected chi connectivity index (χ2v) is 7.71. The number of phenolic OH excluding ortho intramolecular Hbond substituents is 1. The molecule has 0 fully saturated rings. The van der Waals surface area contributed by atoms with Gasteiger partial charge in [-0.05, 0) is 36.7 Å². The highest BCUT2D eigenvalue weighted by Crippen LogP contribution is 2.25. The third-order valence-corrected chi connectivity index (χ3v) is 5.60. The lowest BCUT2D eigenvalue weighted by molar-refractivity contribution is 0.467. The predicted octanol–water partition coefficient (Wildman–Crippen LogP) is 3.31. The molecule has 1 aromatic carbocycles. The van der Waals surface area contributed by atoms with Crippen LogP contribution in [0.2, 0.25) is 0 Å². The van der Waals surface area contributed by atoms with E-state index in [0.717, 1.165) is 41.3 Å². The summed E-state index contributed by atoms with van der Waals surface area (Å²) in [6, 6.07) is 10.3. The van der Waals surface area contributed by atoms with Crippen LogP contribution in [0.25, 0.3) is 10.3 Å². The van der Waals surface area contributed by atoms with Crippen LogP contribution in [0, 0.1) is 5.82 Å². The van der Waals surface area contributed by atoms with E-state index >= 15 is 0 Å². The van der Waals surface area contributed by atoms with Gasteiger partial charge in [0, 0.05) is 19.2 Å². The standard InChI is InChI=1S/C21H21FN6OS/c22-15-5-3-9-24-16(15)12-25-20-19-21(27-13-26-20)30-18(28-19)8-11-23-10-7-14-4-1-2-6-17(14)29/h1-6,9,13,23,29H,7-8,10-12H2,(H,25,26,27). The first-order valence-electron chi connectivity index (χ1n) is 9.62. The summed E-state index contributed by atoms with van der Waals surface area (Å²) in [5.74, 6) is 0.541. The number of aromatic hydroxyl groups is 1. The zero-order valence-corrected chi connectivity index (χ0v) is 17.0. The number of benzene rings is 1. The fourth-order valence-corrected chi connectivity index (χ4v) is 3.92. The first kappa shape index (κ1) is 20.1. The fourth-order valence-electron chi connectivity index (χ4n) is 3.02. The van der Waals surface area contributed by atoms with E-state index in [0.29, 0.717) is 22.8 Å². The lowest BCUT2D eigenvalue weighted by atomic mass is 10.1. The zero-order chi connectivity index (χ0) is 20.8. The lowest BCUT2D eigenvalue weighted by Crippen LogP contribution is -2.20. The van der Waals surface area contributed by atoms with E-state index in [9.17, 15) is 9.50 Å². The van der Waals surface area contributed by atoms with E-state index in [1.54, 1.807) is 18.3 Å². The summed E-state index contributed by atoms with van der Waals surface area (Å²) in [6.07, 6.45) is 4.56. The van der Waals surface area contributed by atoms with Crippen molar-refractivity contribution in [2.45, 2.75) is 19.4 Å². The van der Waals surface area contributed by atoms with Crippen LogP contribution in [0.1, 0.15) is 16.3 Å². The molecule has 0 radical (unpaired) electrons. The SMILES string of the molecule is Oc1ccccc1CCNCCc1nc2c(NCc3ncccc3F)ncnc2s1. The van der Waals surface area contributed by atoms with Crippen molar-refractivity contribution in [2.24, 2.45) is 0 Å². The van der Waals surface area contributed by atoms with Crippen molar-refractivity contribution in [1.82, 2.24) is 25.3 Å². The minimum Gasteiger partial charge on any atom is -0.508 e. The largest absolute Gasteiger partial charge is 0.508 e. The van der Waals surface area contributed by atoms with Gasteiger partial charge >= 0.3 is 0 Å². The Balaban J connectivity index is 1.32. The highest BCUT2D eigenvalue weighted by molar-refractivity contribution is 7.18. The van der Waals surface area contributed by atoms with Gasteiger partial charge in [-0.2, -0.15) is 0 Å². The van der Waals surface area contributed by atoms with Gasteiger partial charge in [-0.15, -0.1) is 0 Å². The number of rotatable bonds is 9. The number of halogens is 1. The summed E-state index contributed by atoms with van der Waals surface area (Å²) < 4.78 is 13.8. The van der Waals surface area contributed by atoms with Crippen molar-refractivity contribution in [2.75, 3.05) is 18.4 Å². The van der Waals surface area contributed by atoms with E-state index in [1.165, 1.54) is 23.7 Å². The second kappa shape index (κ2) is 9.55. The third-order valence-electron chi connectivity index (χ3n) is 4.58. The van der Waals surface area contributed by atoms with Gasteiger partial charge in [0.2, 0.25) is 0 Å². The number of nitrogens with one attached hydrogen (secondary N) is 2. The molecule has 4 rings (SSSR count).